The average Bonchev–Trinajstić information content (AvgIpc) is 2.87. The van der Waals surface area contributed by atoms with Crippen LogP contribution in [0.5, 0.6) is 0 Å². The topological polar surface area (TPSA) is 23.5 Å². The van der Waals surface area contributed by atoms with Gasteiger partial charge in [0.05, 0.1) is 5.60 Å². The molecule has 1 N–H and O–H groups in total. The number of hydrogen-bond acceptors (Lipinski definition) is 3. The standard InChI is InChI=1S/C15H19NOS/c1-2-16-9-7-15(17,8-10-16)13-5-3-4-12-6-11-18-14(12)13/h3-6,11,17H,2,7-10H2,1H3. The minimum absolute atomic E-state index is 0.629. The molecule has 0 atom stereocenters. The van der Waals surface area contributed by atoms with Crippen LogP contribution in [-0.2, 0) is 5.60 Å². The Labute approximate surface area is 112 Å². The first kappa shape index (κ1) is 12.2. The molecule has 1 aromatic carbocycles. The first-order chi connectivity index (χ1) is 8.73. The molecule has 0 aliphatic carbocycles. The molecule has 0 radical (unpaired) electrons. The van der Waals surface area contributed by atoms with E-state index in [2.05, 4.69) is 41.5 Å². The Kier molecular flexibility index (Phi) is 3.14. The van der Waals surface area contributed by atoms with Gasteiger partial charge in [0.15, 0.2) is 0 Å². The van der Waals surface area contributed by atoms with Crippen molar-refractivity contribution in [1.29, 1.82) is 0 Å². The van der Waals surface area contributed by atoms with Gasteiger partial charge in [-0.05, 0) is 36.2 Å². The van der Waals surface area contributed by atoms with Gasteiger partial charge >= 0.3 is 0 Å². The number of piperidine rings is 1. The summed E-state index contributed by atoms with van der Waals surface area (Å²) >= 11 is 1.74. The smallest absolute Gasteiger partial charge is 0.0934 e. The van der Waals surface area contributed by atoms with E-state index < -0.39 is 5.60 Å². The predicted octanol–water partition coefficient (Wildman–Crippen LogP) is 3.20. The largest absolute Gasteiger partial charge is 0.385 e. The van der Waals surface area contributed by atoms with E-state index in [9.17, 15) is 5.11 Å². The molecule has 1 fully saturated rings. The first-order valence-corrected chi connectivity index (χ1v) is 7.52. The molecule has 18 heavy (non-hydrogen) atoms. The maximum atomic E-state index is 11.0. The fourth-order valence-electron chi connectivity index (χ4n) is 2.87. The SMILES string of the molecule is CCN1CCC(O)(c2cccc3ccsc23)CC1. The highest BCUT2D eigenvalue weighted by Gasteiger charge is 2.34. The molecule has 3 rings (SSSR count). The minimum atomic E-state index is -0.629. The quantitative estimate of drug-likeness (QED) is 0.897. The molecule has 0 amide bonds. The summed E-state index contributed by atoms with van der Waals surface area (Å²) < 4.78 is 1.25. The van der Waals surface area contributed by atoms with Crippen molar-refractivity contribution >= 4 is 21.4 Å². The van der Waals surface area contributed by atoms with Gasteiger partial charge in [-0.2, -0.15) is 0 Å². The number of benzene rings is 1. The Balaban J connectivity index is 1.96. The molecule has 1 aliphatic heterocycles. The van der Waals surface area contributed by atoms with E-state index in [4.69, 9.17) is 0 Å². The van der Waals surface area contributed by atoms with Crippen molar-refractivity contribution in [2.75, 3.05) is 19.6 Å². The summed E-state index contributed by atoms with van der Waals surface area (Å²) in [5.41, 5.74) is 0.501. The highest BCUT2D eigenvalue weighted by molar-refractivity contribution is 7.17. The van der Waals surface area contributed by atoms with Gasteiger partial charge in [-0.25, -0.2) is 0 Å². The molecular weight excluding hydrogens is 242 g/mol. The van der Waals surface area contributed by atoms with Crippen molar-refractivity contribution < 1.29 is 5.11 Å². The van der Waals surface area contributed by atoms with Crippen LogP contribution in [0.2, 0.25) is 0 Å². The summed E-state index contributed by atoms with van der Waals surface area (Å²) in [5.74, 6) is 0. The zero-order valence-electron chi connectivity index (χ0n) is 10.7. The summed E-state index contributed by atoms with van der Waals surface area (Å²) in [6.45, 7) is 5.26. The van der Waals surface area contributed by atoms with Crippen LogP contribution in [0, 0.1) is 0 Å². The van der Waals surface area contributed by atoms with Crippen LogP contribution in [0.25, 0.3) is 10.1 Å². The highest BCUT2D eigenvalue weighted by atomic mass is 32.1. The van der Waals surface area contributed by atoms with Crippen LogP contribution >= 0.6 is 11.3 Å². The van der Waals surface area contributed by atoms with Gasteiger partial charge in [-0.1, -0.05) is 25.1 Å². The van der Waals surface area contributed by atoms with Crippen molar-refractivity contribution in [1.82, 2.24) is 4.90 Å². The van der Waals surface area contributed by atoms with Gasteiger partial charge in [0.25, 0.3) is 0 Å². The predicted molar refractivity (Wildman–Crippen MR) is 77.1 cm³/mol. The highest BCUT2D eigenvalue weighted by Crippen LogP contribution is 2.38. The van der Waals surface area contributed by atoms with E-state index in [1.54, 1.807) is 11.3 Å². The molecule has 0 saturated carbocycles. The van der Waals surface area contributed by atoms with Gasteiger partial charge in [0, 0.05) is 23.4 Å². The van der Waals surface area contributed by atoms with Crippen molar-refractivity contribution in [2.24, 2.45) is 0 Å². The lowest BCUT2D eigenvalue weighted by Gasteiger charge is -2.38. The van der Waals surface area contributed by atoms with Gasteiger partial charge in [0.1, 0.15) is 0 Å². The third kappa shape index (κ3) is 1.96. The fraction of sp³-hybridized carbons (Fsp3) is 0.467. The molecule has 3 heteroatoms. The maximum absolute atomic E-state index is 11.0. The van der Waals surface area contributed by atoms with Crippen LogP contribution in [-0.4, -0.2) is 29.6 Å². The third-order valence-corrected chi connectivity index (χ3v) is 5.07. The van der Waals surface area contributed by atoms with Gasteiger partial charge in [-0.3, -0.25) is 0 Å². The number of rotatable bonds is 2. The Morgan fingerprint density at radius 3 is 2.78 bits per heavy atom. The number of nitrogens with zero attached hydrogens (tertiary/aromatic N) is 1. The number of aliphatic hydroxyl groups is 1. The Hall–Kier alpha value is -0.900. The van der Waals surface area contributed by atoms with Crippen LogP contribution in [0.1, 0.15) is 25.3 Å². The average molecular weight is 261 g/mol. The molecule has 0 unspecified atom stereocenters. The zero-order valence-corrected chi connectivity index (χ0v) is 11.5. The van der Waals surface area contributed by atoms with E-state index in [1.165, 1.54) is 10.1 Å². The summed E-state index contributed by atoms with van der Waals surface area (Å²) in [6, 6.07) is 8.42. The first-order valence-electron chi connectivity index (χ1n) is 6.64. The van der Waals surface area contributed by atoms with Crippen molar-refractivity contribution in [3.8, 4) is 0 Å². The summed E-state index contributed by atoms with van der Waals surface area (Å²) in [6.07, 6.45) is 1.69. The minimum Gasteiger partial charge on any atom is -0.385 e. The lowest BCUT2D eigenvalue weighted by atomic mass is 9.84. The van der Waals surface area contributed by atoms with E-state index >= 15 is 0 Å². The number of likely N-dealkylation sites (tertiary alicyclic amines) is 1. The molecular formula is C15H19NOS. The van der Waals surface area contributed by atoms with Gasteiger partial charge in [0.2, 0.25) is 0 Å². The van der Waals surface area contributed by atoms with Gasteiger partial charge in [-0.15, -0.1) is 11.3 Å². The second-order valence-corrected chi connectivity index (χ2v) is 6.03. The maximum Gasteiger partial charge on any atom is 0.0934 e. The van der Waals surface area contributed by atoms with Crippen LogP contribution in [0.4, 0.5) is 0 Å². The molecule has 96 valence electrons. The lowest BCUT2D eigenvalue weighted by Crippen LogP contribution is -2.42. The second-order valence-electron chi connectivity index (χ2n) is 5.11. The third-order valence-electron chi connectivity index (χ3n) is 4.11. The van der Waals surface area contributed by atoms with Gasteiger partial charge < -0.3 is 10.0 Å². The van der Waals surface area contributed by atoms with Crippen LogP contribution < -0.4 is 0 Å². The second kappa shape index (κ2) is 4.65. The van der Waals surface area contributed by atoms with E-state index in [1.807, 2.05) is 0 Å². The molecule has 0 spiro atoms. The fourth-order valence-corrected chi connectivity index (χ4v) is 3.88. The zero-order chi connectivity index (χ0) is 12.6. The number of hydrogen-bond donors (Lipinski definition) is 1. The normalized spacial score (nSPS) is 20.3. The van der Waals surface area contributed by atoms with Crippen molar-refractivity contribution in [3.05, 3.63) is 35.2 Å². The van der Waals surface area contributed by atoms with Crippen LogP contribution in [0.3, 0.4) is 0 Å². The van der Waals surface area contributed by atoms with E-state index in [-0.39, 0.29) is 0 Å². The van der Waals surface area contributed by atoms with Crippen LogP contribution in [0.15, 0.2) is 29.6 Å². The lowest BCUT2D eigenvalue weighted by molar-refractivity contribution is -0.0233. The summed E-state index contributed by atoms with van der Waals surface area (Å²) in [4.78, 5) is 2.41. The summed E-state index contributed by atoms with van der Waals surface area (Å²) in [7, 11) is 0. The Morgan fingerprint density at radius 1 is 1.28 bits per heavy atom. The Morgan fingerprint density at radius 2 is 2.06 bits per heavy atom. The molecule has 1 aliphatic rings. The molecule has 2 aromatic rings. The summed E-state index contributed by atoms with van der Waals surface area (Å²) in [5, 5.41) is 14.3. The van der Waals surface area contributed by atoms with Crippen molar-refractivity contribution in [2.45, 2.75) is 25.4 Å². The monoisotopic (exact) mass is 261 g/mol. The molecule has 1 saturated heterocycles. The Bertz CT molecular complexity index is 540. The van der Waals surface area contributed by atoms with Crippen molar-refractivity contribution in [3.63, 3.8) is 0 Å². The number of thiophene rings is 1. The molecule has 2 heterocycles. The number of fused-ring (bicyclic) bond motifs is 1. The van der Waals surface area contributed by atoms with E-state index in [0.29, 0.717) is 0 Å². The molecule has 0 bridgehead atoms. The molecule has 2 nitrogen and oxygen atoms in total. The molecule has 1 aromatic heterocycles. The van der Waals surface area contributed by atoms with E-state index in [0.717, 1.165) is 38.0 Å².